The third-order valence-electron chi connectivity index (χ3n) is 6.17. The summed E-state index contributed by atoms with van der Waals surface area (Å²) >= 11 is 0. The number of alkyl halides is 3. The summed E-state index contributed by atoms with van der Waals surface area (Å²) in [5.74, 6) is 0.455. The van der Waals surface area contributed by atoms with E-state index in [1.165, 1.54) is 0 Å². The topological polar surface area (TPSA) is 92.7 Å². The minimum atomic E-state index is -4.56. The number of halogens is 3. The molecule has 3 heterocycles. The second kappa shape index (κ2) is 7.94. The van der Waals surface area contributed by atoms with Gasteiger partial charge in [0.2, 0.25) is 21.8 Å². The number of fused-ring (bicyclic) bond motifs is 1. The predicted octanol–water partition coefficient (Wildman–Crippen LogP) is 2.43. The molecule has 3 aliphatic rings. The Morgan fingerprint density at radius 2 is 1.76 bits per heavy atom. The van der Waals surface area contributed by atoms with E-state index in [2.05, 4.69) is 9.97 Å². The number of rotatable bonds is 5. The van der Waals surface area contributed by atoms with Gasteiger partial charge in [0.25, 0.3) is 0 Å². The van der Waals surface area contributed by atoms with Crippen LogP contribution in [0.15, 0.2) is 41.6 Å². The van der Waals surface area contributed by atoms with Crippen molar-refractivity contribution in [2.45, 2.75) is 48.4 Å². The first-order chi connectivity index (χ1) is 15.6. The molecule has 1 aromatic heterocycles. The fraction of sp³-hybridized carbons (Fsp3) is 0.476. The molecule has 8 nitrogen and oxygen atoms in total. The Morgan fingerprint density at radius 1 is 1.03 bits per heavy atom. The molecule has 0 unspecified atom stereocenters. The number of hydrogen-bond acceptors (Lipinski definition) is 6. The molecular weight excluding hydrogens is 461 g/mol. The molecule has 3 fully saturated rings. The quantitative estimate of drug-likeness (QED) is 0.650. The Morgan fingerprint density at radius 3 is 2.36 bits per heavy atom. The van der Waals surface area contributed by atoms with Crippen molar-refractivity contribution in [2.24, 2.45) is 0 Å². The van der Waals surface area contributed by atoms with Crippen molar-refractivity contribution in [3.8, 4) is 5.88 Å². The zero-order chi connectivity index (χ0) is 23.4. The summed E-state index contributed by atoms with van der Waals surface area (Å²) in [6.07, 6.45) is 0.980. The molecule has 0 bridgehead atoms. The Bertz CT molecular complexity index is 1150. The molecule has 33 heavy (non-hydrogen) atoms. The molecule has 0 spiro atoms. The third-order valence-corrected chi connectivity index (χ3v) is 8.00. The minimum Gasteiger partial charge on any atom is -0.471 e. The van der Waals surface area contributed by atoms with Gasteiger partial charge < -0.3 is 9.64 Å². The third kappa shape index (κ3) is 4.41. The van der Waals surface area contributed by atoms with E-state index in [4.69, 9.17) is 4.74 Å². The molecule has 1 saturated carbocycles. The van der Waals surface area contributed by atoms with Crippen molar-refractivity contribution < 1.29 is 31.1 Å². The van der Waals surface area contributed by atoms with Crippen LogP contribution in [-0.4, -0.2) is 65.3 Å². The summed E-state index contributed by atoms with van der Waals surface area (Å²) in [4.78, 5) is 22.6. The van der Waals surface area contributed by atoms with E-state index in [0.29, 0.717) is 24.8 Å². The van der Waals surface area contributed by atoms with Gasteiger partial charge in [0.1, 0.15) is 6.10 Å². The van der Waals surface area contributed by atoms with E-state index in [9.17, 15) is 26.4 Å². The van der Waals surface area contributed by atoms with Crippen molar-refractivity contribution in [3.63, 3.8) is 0 Å². The van der Waals surface area contributed by atoms with Gasteiger partial charge in [-0.05, 0) is 37.1 Å². The number of amides is 1. The first kappa shape index (κ1) is 22.1. The van der Waals surface area contributed by atoms with Crippen LogP contribution < -0.4 is 4.74 Å². The van der Waals surface area contributed by atoms with Gasteiger partial charge >= 0.3 is 6.18 Å². The van der Waals surface area contributed by atoms with Gasteiger partial charge in [0, 0.05) is 24.9 Å². The van der Waals surface area contributed by atoms with Gasteiger partial charge in [0.05, 0.1) is 41.6 Å². The van der Waals surface area contributed by atoms with Crippen LogP contribution in [0.3, 0.4) is 0 Å². The normalized spacial score (nSPS) is 24.1. The lowest BCUT2D eigenvalue weighted by Gasteiger charge is -2.35. The molecule has 0 radical (unpaired) electrons. The standard InChI is InChI=1S/C21H21F3N4O4S/c22-21(23,24)14-3-5-17(6-4-14)33(30,31)27-10-15-7-16(11-28(15)20(29)12-27)32-19-9-25-18(8-26-19)13-1-2-13/h3-6,8-9,13,15-16H,1-2,7,10-12H2/t15-,16+/m0/s1. The molecule has 2 atom stereocenters. The van der Waals surface area contributed by atoms with Gasteiger partial charge in [0.15, 0.2) is 0 Å². The van der Waals surface area contributed by atoms with Crippen LogP contribution in [0, 0.1) is 0 Å². The summed E-state index contributed by atoms with van der Waals surface area (Å²) in [5, 5.41) is 0. The van der Waals surface area contributed by atoms with Crippen molar-refractivity contribution in [2.75, 3.05) is 19.6 Å². The van der Waals surface area contributed by atoms with Crippen LogP contribution in [0.25, 0.3) is 0 Å². The Balaban J connectivity index is 1.26. The van der Waals surface area contributed by atoms with E-state index in [0.717, 1.165) is 47.1 Å². The van der Waals surface area contributed by atoms with Gasteiger partial charge in [-0.3, -0.25) is 9.78 Å². The van der Waals surface area contributed by atoms with Crippen LogP contribution in [0.4, 0.5) is 13.2 Å². The number of aromatic nitrogens is 2. The Labute approximate surface area is 188 Å². The highest BCUT2D eigenvalue weighted by Gasteiger charge is 2.44. The average Bonchev–Trinajstić information content (AvgIpc) is 3.54. The predicted molar refractivity (Wildman–Crippen MR) is 109 cm³/mol. The van der Waals surface area contributed by atoms with Crippen LogP contribution >= 0.6 is 0 Å². The molecule has 2 saturated heterocycles. The van der Waals surface area contributed by atoms with Crippen molar-refractivity contribution in [3.05, 3.63) is 47.9 Å². The van der Waals surface area contributed by atoms with E-state index in [1.54, 1.807) is 17.3 Å². The van der Waals surface area contributed by atoms with Gasteiger partial charge in [-0.2, -0.15) is 17.5 Å². The summed E-state index contributed by atoms with van der Waals surface area (Å²) < 4.78 is 71.2. The maximum Gasteiger partial charge on any atom is 0.416 e. The fourth-order valence-electron chi connectivity index (χ4n) is 4.27. The second-order valence-electron chi connectivity index (χ2n) is 8.55. The van der Waals surface area contributed by atoms with Crippen molar-refractivity contribution in [1.82, 2.24) is 19.2 Å². The molecule has 2 aliphatic heterocycles. The lowest BCUT2D eigenvalue weighted by molar-refractivity contribution is -0.137. The summed E-state index contributed by atoms with van der Waals surface area (Å²) in [5.41, 5.74) is -0.00289. The van der Waals surface area contributed by atoms with E-state index >= 15 is 0 Å². The first-order valence-electron chi connectivity index (χ1n) is 10.6. The molecular formula is C21H21F3N4O4S. The van der Waals surface area contributed by atoms with E-state index in [1.807, 2.05) is 0 Å². The maximum atomic E-state index is 13.0. The van der Waals surface area contributed by atoms with Crippen LogP contribution in [0.1, 0.15) is 36.4 Å². The lowest BCUT2D eigenvalue weighted by atomic mass is 10.1. The molecule has 1 aliphatic carbocycles. The van der Waals surface area contributed by atoms with Crippen LogP contribution in [0.2, 0.25) is 0 Å². The number of benzene rings is 1. The molecule has 176 valence electrons. The number of hydrogen-bond donors (Lipinski definition) is 0. The largest absolute Gasteiger partial charge is 0.471 e. The molecule has 0 N–H and O–H groups in total. The smallest absolute Gasteiger partial charge is 0.416 e. The number of nitrogens with zero attached hydrogens (tertiary/aromatic N) is 4. The Hall–Kier alpha value is -2.73. The van der Waals surface area contributed by atoms with E-state index < -0.39 is 21.8 Å². The lowest BCUT2D eigenvalue weighted by Crippen LogP contribution is -2.55. The number of carbonyl (C=O) groups is 1. The highest BCUT2D eigenvalue weighted by molar-refractivity contribution is 7.89. The van der Waals surface area contributed by atoms with Crippen LogP contribution in [-0.2, 0) is 21.0 Å². The monoisotopic (exact) mass is 482 g/mol. The molecule has 5 rings (SSSR count). The van der Waals surface area contributed by atoms with Crippen molar-refractivity contribution in [1.29, 1.82) is 0 Å². The number of ether oxygens (including phenoxy) is 1. The van der Waals surface area contributed by atoms with Gasteiger partial charge in [-0.1, -0.05) is 0 Å². The fourth-order valence-corrected chi connectivity index (χ4v) is 5.70. The first-order valence-corrected chi connectivity index (χ1v) is 12.0. The molecule has 1 aromatic carbocycles. The zero-order valence-corrected chi connectivity index (χ0v) is 18.2. The molecule has 1 amide bonds. The Kier molecular flexibility index (Phi) is 5.31. The number of sulfonamides is 1. The average molecular weight is 482 g/mol. The number of carbonyl (C=O) groups excluding carboxylic acids is 1. The second-order valence-corrected chi connectivity index (χ2v) is 10.5. The van der Waals surface area contributed by atoms with Crippen LogP contribution in [0.5, 0.6) is 5.88 Å². The maximum absolute atomic E-state index is 13.0. The highest BCUT2D eigenvalue weighted by atomic mass is 32.2. The van der Waals surface area contributed by atoms with Crippen molar-refractivity contribution >= 4 is 15.9 Å². The SMILES string of the molecule is O=C1CN(S(=O)(=O)c2ccc(C(F)(F)F)cc2)C[C@@H]2C[C@@H](Oc3cnc(C4CC4)cn3)CN12. The number of piperazine rings is 1. The van der Waals surface area contributed by atoms with Gasteiger partial charge in [-0.25, -0.2) is 13.4 Å². The zero-order valence-electron chi connectivity index (χ0n) is 17.4. The summed E-state index contributed by atoms with van der Waals surface area (Å²) in [6, 6.07) is 2.89. The van der Waals surface area contributed by atoms with Gasteiger partial charge in [-0.15, -0.1) is 0 Å². The minimum absolute atomic E-state index is 0.0429. The summed E-state index contributed by atoms with van der Waals surface area (Å²) in [6.45, 7) is -0.0204. The molecule has 12 heteroatoms. The molecule has 2 aromatic rings. The van der Waals surface area contributed by atoms with E-state index in [-0.39, 0.29) is 36.0 Å². The summed E-state index contributed by atoms with van der Waals surface area (Å²) in [7, 11) is -4.12. The highest BCUT2D eigenvalue weighted by Crippen LogP contribution is 2.39.